The molecule has 2 aromatic heterocycles. The third kappa shape index (κ3) is 5.98. The number of nitrogens with zero attached hydrogens (tertiary/aromatic N) is 3. The summed E-state index contributed by atoms with van der Waals surface area (Å²) >= 11 is 2.14. The van der Waals surface area contributed by atoms with E-state index in [4.69, 9.17) is 14.2 Å². The van der Waals surface area contributed by atoms with Crippen molar-refractivity contribution in [3.63, 3.8) is 0 Å². The number of aliphatic hydroxyl groups excluding tert-OH is 1. The molecule has 1 N–H and O–H groups in total. The first-order valence-corrected chi connectivity index (χ1v) is 15.0. The molecule has 0 aliphatic carbocycles. The lowest BCUT2D eigenvalue weighted by atomic mass is 9.95. The molecule has 4 rings (SSSR count). The van der Waals surface area contributed by atoms with Crippen LogP contribution in [-0.2, 0) is 9.53 Å². The van der Waals surface area contributed by atoms with Crippen LogP contribution in [-0.4, -0.2) is 53.1 Å². The van der Waals surface area contributed by atoms with Crippen molar-refractivity contribution in [1.82, 2.24) is 9.97 Å². The van der Waals surface area contributed by atoms with Crippen molar-refractivity contribution >= 4 is 45.5 Å². The van der Waals surface area contributed by atoms with Crippen molar-refractivity contribution in [2.75, 3.05) is 25.2 Å². The highest BCUT2D eigenvalue weighted by molar-refractivity contribution is 7.17. The normalized spacial score (nSPS) is 15.0. The van der Waals surface area contributed by atoms with Gasteiger partial charge in [0.1, 0.15) is 4.88 Å². The van der Waals surface area contributed by atoms with Crippen molar-refractivity contribution in [2.45, 2.75) is 59.9 Å². The van der Waals surface area contributed by atoms with Gasteiger partial charge in [-0.1, -0.05) is 37.2 Å². The average molecular weight is 600 g/mol. The van der Waals surface area contributed by atoms with Crippen LogP contribution in [0.4, 0.5) is 5.13 Å². The Morgan fingerprint density at radius 1 is 1.00 bits per heavy atom. The second-order valence-electron chi connectivity index (χ2n) is 9.41. The second-order valence-corrected chi connectivity index (χ2v) is 11.6. The van der Waals surface area contributed by atoms with Gasteiger partial charge in [0, 0.05) is 0 Å². The van der Waals surface area contributed by atoms with E-state index in [1.54, 1.807) is 39.0 Å². The fourth-order valence-corrected chi connectivity index (χ4v) is 6.48. The number of thiazole rings is 2. The number of hydrogen-bond acceptors (Lipinski definition) is 11. The van der Waals surface area contributed by atoms with Crippen LogP contribution in [0.5, 0.6) is 11.5 Å². The maximum atomic E-state index is 13.9. The first-order valence-electron chi connectivity index (χ1n) is 13.3. The molecule has 41 heavy (non-hydrogen) atoms. The zero-order valence-corrected chi connectivity index (χ0v) is 25.5. The monoisotopic (exact) mass is 599 g/mol. The maximum absolute atomic E-state index is 13.9. The van der Waals surface area contributed by atoms with Gasteiger partial charge in [0.15, 0.2) is 22.4 Å². The number of carbonyl (C=O) groups is 3. The molecule has 0 saturated heterocycles. The Morgan fingerprint density at radius 3 is 2.37 bits per heavy atom. The van der Waals surface area contributed by atoms with Crippen LogP contribution < -0.4 is 14.4 Å². The number of ether oxygens (including phenoxy) is 3. The van der Waals surface area contributed by atoms with E-state index in [-0.39, 0.29) is 15.6 Å². The highest BCUT2D eigenvalue weighted by Crippen LogP contribution is 2.46. The molecule has 1 aromatic carbocycles. The smallest absolute Gasteiger partial charge is 0.350 e. The highest BCUT2D eigenvalue weighted by Gasteiger charge is 2.47. The van der Waals surface area contributed by atoms with Gasteiger partial charge in [0.2, 0.25) is 5.78 Å². The van der Waals surface area contributed by atoms with E-state index in [2.05, 4.69) is 16.9 Å². The number of benzene rings is 1. The summed E-state index contributed by atoms with van der Waals surface area (Å²) in [6.07, 6.45) is 2.99. The number of aryl methyl sites for hydroxylation is 3. The zero-order chi connectivity index (χ0) is 29.8. The van der Waals surface area contributed by atoms with E-state index in [0.29, 0.717) is 51.5 Å². The number of carbonyl (C=O) groups excluding carboxylic acids is 3. The highest BCUT2D eigenvalue weighted by atomic mass is 32.1. The number of Topliss-reactive ketones (excluding diaryl/α,β-unsaturated/α-hetero) is 1. The quantitative estimate of drug-likeness (QED) is 0.150. The molecule has 0 saturated carbocycles. The summed E-state index contributed by atoms with van der Waals surface area (Å²) in [5.41, 5.74) is 1.27. The summed E-state index contributed by atoms with van der Waals surface area (Å²) in [5.74, 6) is -1.61. The SMILES string of the molecule is CCCCCOc1ccc(C2C(C(=O)c3sc(C)nc3C)=C(O)C(=O)N2c2nc(C)c(C(=O)OC)s2)cc1OCC. The molecule has 1 aliphatic heterocycles. The molecule has 0 spiro atoms. The van der Waals surface area contributed by atoms with E-state index in [1.165, 1.54) is 23.3 Å². The summed E-state index contributed by atoms with van der Waals surface area (Å²) in [6, 6.07) is 4.13. The van der Waals surface area contributed by atoms with E-state index < -0.39 is 29.5 Å². The Hall–Kier alpha value is -3.77. The Bertz CT molecular complexity index is 1510. The molecule has 10 nitrogen and oxygen atoms in total. The number of aromatic nitrogens is 2. The molecule has 3 aromatic rings. The van der Waals surface area contributed by atoms with Gasteiger partial charge in [-0.3, -0.25) is 14.5 Å². The van der Waals surface area contributed by atoms with Gasteiger partial charge in [0.05, 0.1) is 53.2 Å². The third-order valence-corrected chi connectivity index (χ3v) is 8.72. The lowest BCUT2D eigenvalue weighted by Crippen LogP contribution is -2.31. The molecular formula is C29H33N3O7S2. The molecule has 12 heteroatoms. The number of hydrogen-bond donors (Lipinski definition) is 1. The van der Waals surface area contributed by atoms with Crippen LogP contribution in [0.3, 0.4) is 0 Å². The number of methoxy groups -OCH3 is 1. The molecule has 0 radical (unpaired) electrons. The van der Waals surface area contributed by atoms with E-state index in [0.717, 1.165) is 30.6 Å². The fraction of sp³-hybridized carbons (Fsp3) is 0.414. The van der Waals surface area contributed by atoms with Crippen LogP contribution >= 0.6 is 22.7 Å². The molecule has 0 fully saturated rings. The van der Waals surface area contributed by atoms with Gasteiger partial charge in [-0.05, 0) is 51.8 Å². The van der Waals surface area contributed by atoms with Crippen LogP contribution in [0, 0.1) is 20.8 Å². The summed E-state index contributed by atoms with van der Waals surface area (Å²) in [7, 11) is 1.26. The number of anilines is 1. The van der Waals surface area contributed by atoms with Crippen molar-refractivity contribution in [1.29, 1.82) is 0 Å². The topological polar surface area (TPSA) is 128 Å². The first kappa shape index (κ1) is 30.2. The lowest BCUT2D eigenvalue weighted by Gasteiger charge is -2.25. The van der Waals surface area contributed by atoms with Crippen molar-refractivity contribution in [3.05, 3.63) is 61.2 Å². The minimum atomic E-state index is -1.05. The minimum Gasteiger partial charge on any atom is -0.503 e. The van der Waals surface area contributed by atoms with Crippen LogP contribution in [0.25, 0.3) is 0 Å². The number of ketones is 1. The predicted molar refractivity (Wildman–Crippen MR) is 157 cm³/mol. The van der Waals surface area contributed by atoms with E-state index in [1.807, 2.05) is 6.92 Å². The molecule has 218 valence electrons. The van der Waals surface area contributed by atoms with Gasteiger partial charge >= 0.3 is 5.97 Å². The van der Waals surface area contributed by atoms with Crippen molar-refractivity contribution in [3.8, 4) is 11.5 Å². The van der Waals surface area contributed by atoms with Crippen molar-refractivity contribution < 1.29 is 33.7 Å². The molecule has 1 unspecified atom stereocenters. The summed E-state index contributed by atoms with van der Waals surface area (Å²) in [5, 5.41) is 12.0. The number of unbranched alkanes of at least 4 members (excludes halogenated alkanes) is 2. The van der Waals surface area contributed by atoms with Crippen LogP contribution in [0.1, 0.15) is 80.5 Å². The first-order chi connectivity index (χ1) is 19.6. The van der Waals surface area contributed by atoms with Crippen LogP contribution in [0.2, 0.25) is 0 Å². The Morgan fingerprint density at radius 2 is 1.73 bits per heavy atom. The molecule has 1 aliphatic rings. The number of rotatable bonds is 12. The Labute approximate surface area is 246 Å². The lowest BCUT2D eigenvalue weighted by molar-refractivity contribution is -0.117. The molecule has 3 heterocycles. The van der Waals surface area contributed by atoms with Crippen LogP contribution in [0.15, 0.2) is 29.5 Å². The molecular weight excluding hydrogens is 566 g/mol. The van der Waals surface area contributed by atoms with Gasteiger partial charge in [0.25, 0.3) is 5.91 Å². The standard InChI is InChI=1S/C29H33N3O7S2/c1-7-9-10-13-39-19-12-11-18(14-20(19)38-8-2)22-21(23(33)25-15(3)30-17(5)40-25)24(34)27(35)32(22)29-31-16(4)26(41-29)28(36)37-6/h11-12,14,22,34H,7-10,13H2,1-6H3. The minimum absolute atomic E-state index is 0.103. The molecule has 1 amide bonds. The fourth-order valence-electron chi connectivity index (χ4n) is 4.60. The molecule has 0 bridgehead atoms. The van der Waals surface area contributed by atoms with Gasteiger partial charge < -0.3 is 19.3 Å². The Balaban J connectivity index is 1.85. The van der Waals surface area contributed by atoms with Crippen molar-refractivity contribution in [2.24, 2.45) is 0 Å². The maximum Gasteiger partial charge on any atom is 0.350 e. The zero-order valence-electron chi connectivity index (χ0n) is 23.9. The van der Waals surface area contributed by atoms with Gasteiger partial charge in [-0.2, -0.15) is 0 Å². The van der Waals surface area contributed by atoms with E-state index in [9.17, 15) is 19.5 Å². The third-order valence-electron chi connectivity index (χ3n) is 6.51. The average Bonchev–Trinajstić information content (AvgIpc) is 3.58. The Kier molecular flexibility index (Phi) is 9.44. The van der Waals surface area contributed by atoms with E-state index >= 15 is 0 Å². The number of aliphatic hydroxyl groups is 1. The summed E-state index contributed by atoms with van der Waals surface area (Å²) < 4.78 is 16.7. The summed E-state index contributed by atoms with van der Waals surface area (Å²) in [6.45, 7) is 9.97. The largest absolute Gasteiger partial charge is 0.503 e. The van der Waals surface area contributed by atoms with Gasteiger partial charge in [-0.15, -0.1) is 11.3 Å². The number of amides is 1. The molecule has 1 atom stereocenters. The van der Waals surface area contributed by atoms with Gasteiger partial charge in [-0.25, -0.2) is 14.8 Å². The predicted octanol–water partition coefficient (Wildman–Crippen LogP) is 6.06. The second kappa shape index (κ2) is 12.8. The summed E-state index contributed by atoms with van der Waals surface area (Å²) in [4.78, 5) is 50.5. The number of esters is 1.